The molecule has 0 saturated carbocycles. The molecule has 4 aromatic rings. The number of carbonyl (C=O) groups is 2. The van der Waals surface area contributed by atoms with Gasteiger partial charge < -0.3 is 24.3 Å². The third kappa shape index (κ3) is 12.0. The minimum absolute atomic E-state index is 0.243. The minimum Gasteiger partial charge on any atom is -0.443 e. The number of benzene rings is 4. The molecule has 0 fully saturated rings. The first-order valence-corrected chi connectivity index (χ1v) is 16.4. The molecule has 0 aliphatic carbocycles. The summed E-state index contributed by atoms with van der Waals surface area (Å²) in [6.07, 6.45) is 6.25. The number of unbranched alkanes of at least 4 members (excludes halogenated alkanes) is 1. The highest BCUT2D eigenvalue weighted by Crippen LogP contribution is 2.23. The molecule has 0 aliphatic rings. The fraction of sp³-hybridized carbons (Fsp3) is 0.300. The summed E-state index contributed by atoms with van der Waals surface area (Å²) in [5, 5.41) is 23.0. The van der Waals surface area contributed by atoms with E-state index in [0.717, 1.165) is 28.7 Å². The fourth-order valence-electron chi connectivity index (χ4n) is 5.11. The molecule has 4 aromatic carbocycles. The average Bonchev–Trinajstić information content (AvgIpc) is 3.08. The summed E-state index contributed by atoms with van der Waals surface area (Å²) in [4.78, 5) is 25.6. The van der Waals surface area contributed by atoms with Gasteiger partial charge >= 0.3 is 6.09 Å². The van der Waals surface area contributed by atoms with Crippen LogP contribution in [0.4, 0.5) is 16.2 Å². The van der Waals surface area contributed by atoms with E-state index in [9.17, 15) is 9.59 Å². The summed E-state index contributed by atoms with van der Waals surface area (Å²) >= 11 is 0. The van der Waals surface area contributed by atoms with Crippen molar-refractivity contribution < 1.29 is 28.5 Å². The van der Waals surface area contributed by atoms with E-state index in [2.05, 4.69) is 10.6 Å². The molecule has 258 valence electrons. The molecule has 0 radical (unpaired) electrons. The molecule has 0 atom stereocenters. The van der Waals surface area contributed by atoms with Crippen molar-refractivity contribution in [3.63, 3.8) is 0 Å². The molecule has 0 spiro atoms. The van der Waals surface area contributed by atoms with E-state index in [0.29, 0.717) is 55.2 Å². The van der Waals surface area contributed by atoms with E-state index >= 15 is 0 Å². The Kier molecular flexibility index (Phi) is 13.0. The van der Waals surface area contributed by atoms with Crippen molar-refractivity contribution in [3.05, 3.63) is 119 Å². The second kappa shape index (κ2) is 17.5. The normalized spacial score (nSPS) is 11.1. The predicted octanol–water partition coefficient (Wildman–Crippen LogP) is 8.52. The lowest BCUT2D eigenvalue weighted by atomic mass is 10.0. The van der Waals surface area contributed by atoms with Crippen LogP contribution in [0.15, 0.2) is 97.1 Å². The number of ether oxygens (including phenoxy) is 4. The SMILES string of the molecule is CC(C)(CCCCOC(C)(C)C(=O)Nc1ccc(Cc2ccc(OC#N)cc2)cc1)OC(=O)Nc1ccc(Cc2ccc(OC#N)cc2)cc1. The number of rotatable bonds is 16. The highest BCUT2D eigenvalue weighted by Gasteiger charge is 2.29. The zero-order valence-corrected chi connectivity index (χ0v) is 28.8. The first kappa shape index (κ1) is 37.0. The number of carbonyl (C=O) groups excluding carboxylic acids is 2. The summed E-state index contributed by atoms with van der Waals surface area (Å²) in [5.41, 5.74) is 3.87. The van der Waals surface area contributed by atoms with Crippen molar-refractivity contribution in [2.45, 2.75) is 71.0 Å². The summed E-state index contributed by atoms with van der Waals surface area (Å²) in [7, 11) is 0. The Labute approximate surface area is 293 Å². The Bertz CT molecular complexity index is 1790. The smallest absolute Gasteiger partial charge is 0.412 e. The van der Waals surface area contributed by atoms with Crippen molar-refractivity contribution in [1.82, 2.24) is 0 Å². The fourth-order valence-corrected chi connectivity index (χ4v) is 5.11. The van der Waals surface area contributed by atoms with E-state index in [1.807, 2.05) is 86.6 Å². The largest absolute Gasteiger partial charge is 0.443 e. The Morgan fingerprint density at radius 1 is 0.620 bits per heavy atom. The van der Waals surface area contributed by atoms with Gasteiger partial charge in [0.2, 0.25) is 0 Å². The summed E-state index contributed by atoms with van der Waals surface area (Å²) in [6.45, 7) is 7.60. The lowest BCUT2D eigenvalue weighted by Crippen LogP contribution is -2.40. The number of nitriles is 2. The number of nitrogens with zero attached hydrogens (tertiary/aromatic N) is 2. The summed E-state index contributed by atoms with van der Waals surface area (Å²) in [5.74, 6) is 0.759. The maximum absolute atomic E-state index is 13.0. The van der Waals surface area contributed by atoms with Crippen LogP contribution in [0.5, 0.6) is 11.5 Å². The van der Waals surface area contributed by atoms with Gasteiger partial charge in [0.15, 0.2) is 0 Å². The molecule has 0 heterocycles. The Morgan fingerprint density at radius 3 is 1.48 bits per heavy atom. The molecule has 0 saturated heterocycles. The third-order valence-electron chi connectivity index (χ3n) is 7.95. The minimum atomic E-state index is -1.04. The molecule has 0 aliphatic heterocycles. The molecule has 50 heavy (non-hydrogen) atoms. The molecular formula is C40H42N4O6. The van der Waals surface area contributed by atoms with Crippen molar-refractivity contribution in [1.29, 1.82) is 10.5 Å². The van der Waals surface area contributed by atoms with Crippen molar-refractivity contribution in [2.24, 2.45) is 0 Å². The second-order valence-corrected chi connectivity index (χ2v) is 13.0. The van der Waals surface area contributed by atoms with Crippen molar-refractivity contribution >= 4 is 23.4 Å². The number of hydrogen-bond acceptors (Lipinski definition) is 8. The molecule has 0 unspecified atom stereocenters. The van der Waals surface area contributed by atoms with Crippen LogP contribution in [0, 0.1) is 23.0 Å². The highest BCUT2D eigenvalue weighted by molar-refractivity contribution is 5.96. The van der Waals surface area contributed by atoms with Crippen LogP contribution in [0.25, 0.3) is 0 Å². The third-order valence-corrected chi connectivity index (χ3v) is 7.95. The molecule has 10 nitrogen and oxygen atoms in total. The van der Waals surface area contributed by atoms with Crippen LogP contribution in [0.2, 0.25) is 0 Å². The van der Waals surface area contributed by atoms with E-state index in [4.69, 9.17) is 29.5 Å². The van der Waals surface area contributed by atoms with Crippen molar-refractivity contribution in [3.8, 4) is 24.0 Å². The number of hydrogen-bond donors (Lipinski definition) is 2. The molecule has 2 N–H and O–H groups in total. The number of nitrogens with one attached hydrogen (secondary N) is 2. The van der Waals surface area contributed by atoms with E-state index < -0.39 is 17.3 Å². The zero-order chi connectivity index (χ0) is 36.0. The van der Waals surface area contributed by atoms with Gasteiger partial charge in [0.25, 0.3) is 18.4 Å². The van der Waals surface area contributed by atoms with Gasteiger partial charge in [-0.3, -0.25) is 10.1 Å². The van der Waals surface area contributed by atoms with Gasteiger partial charge in [-0.05, 0) is 131 Å². The number of amides is 2. The molecule has 4 rings (SSSR count). The Balaban J connectivity index is 1.13. The Hall–Kier alpha value is -5.84. The maximum atomic E-state index is 13.0. The van der Waals surface area contributed by atoms with Crippen molar-refractivity contribution in [2.75, 3.05) is 17.2 Å². The Morgan fingerprint density at radius 2 is 1.04 bits per heavy atom. The lowest BCUT2D eigenvalue weighted by molar-refractivity contribution is -0.137. The first-order valence-electron chi connectivity index (χ1n) is 16.4. The molecular weight excluding hydrogens is 632 g/mol. The molecule has 0 aromatic heterocycles. The zero-order valence-electron chi connectivity index (χ0n) is 28.8. The number of anilines is 2. The first-order chi connectivity index (χ1) is 23.9. The topological polar surface area (TPSA) is 143 Å². The van der Waals surface area contributed by atoms with Crippen LogP contribution in [-0.2, 0) is 27.1 Å². The van der Waals surface area contributed by atoms with Gasteiger partial charge in [-0.1, -0.05) is 48.5 Å². The summed E-state index contributed by atoms with van der Waals surface area (Å²) < 4.78 is 21.3. The average molecular weight is 675 g/mol. The van der Waals surface area contributed by atoms with Gasteiger partial charge in [-0.25, -0.2) is 4.79 Å². The van der Waals surface area contributed by atoms with Crippen LogP contribution in [0.3, 0.4) is 0 Å². The van der Waals surface area contributed by atoms with Gasteiger partial charge in [-0.15, -0.1) is 10.5 Å². The standard InChI is InChI=1S/C40H42N4O6/c1-39(2,50-38(46)44-34-17-9-30(10-18-34)26-32-13-21-36(22-14-32)48-28-42)23-5-6-24-49-40(3,4)37(45)43-33-15-7-29(8-16-33)25-31-11-19-35(20-12-31)47-27-41/h7-22H,5-6,23-26H2,1-4H3,(H,43,45)(H,44,46). The quantitative estimate of drug-likeness (QED) is 0.0890. The van der Waals surface area contributed by atoms with Crippen LogP contribution >= 0.6 is 0 Å². The van der Waals surface area contributed by atoms with E-state index in [1.165, 1.54) is 0 Å². The predicted molar refractivity (Wildman–Crippen MR) is 191 cm³/mol. The summed E-state index contributed by atoms with van der Waals surface area (Å²) in [6, 6.07) is 29.8. The van der Waals surface area contributed by atoms with Gasteiger partial charge in [0, 0.05) is 18.0 Å². The monoisotopic (exact) mass is 674 g/mol. The van der Waals surface area contributed by atoms with Crippen LogP contribution in [0.1, 0.15) is 69.2 Å². The van der Waals surface area contributed by atoms with E-state index in [1.54, 1.807) is 50.6 Å². The van der Waals surface area contributed by atoms with Gasteiger partial charge in [0.05, 0.1) is 0 Å². The maximum Gasteiger partial charge on any atom is 0.412 e. The lowest BCUT2D eigenvalue weighted by Gasteiger charge is -2.26. The van der Waals surface area contributed by atoms with Gasteiger partial charge in [-0.2, -0.15) is 0 Å². The van der Waals surface area contributed by atoms with Gasteiger partial charge in [0.1, 0.15) is 22.7 Å². The molecule has 0 bridgehead atoms. The van der Waals surface area contributed by atoms with Crippen LogP contribution in [-0.4, -0.2) is 29.8 Å². The molecule has 10 heteroatoms. The van der Waals surface area contributed by atoms with E-state index in [-0.39, 0.29) is 5.91 Å². The van der Waals surface area contributed by atoms with Crippen LogP contribution < -0.4 is 20.1 Å². The molecule has 2 amide bonds. The second-order valence-electron chi connectivity index (χ2n) is 13.0. The highest BCUT2D eigenvalue weighted by atomic mass is 16.6.